The highest BCUT2D eigenvalue weighted by Crippen LogP contribution is 2.56. The standard InChI is InChI=1S/C22H20F3N3O4/c1-28(2)19(29)12-30-14-9-7-13(8-10-14)20-26-21(32-27-20)17-11-16(17)15-5-3-4-6-18(15)31-22(23,24)25/h3-10,16-17H,11-12H2,1-2H3. The van der Waals surface area contributed by atoms with Gasteiger partial charge in [0.2, 0.25) is 11.7 Å². The van der Waals surface area contributed by atoms with Gasteiger partial charge in [0.1, 0.15) is 11.5 Å². The van der Waals surface area contributed by atoms with Gasteiger partial charge in [-0.25, -0.2) is 0 Å². The van der Waals surface area contributed by atoms with E-state index >= 15 is 0 Å². The van der Waals surface area contributed by atoms with Gasteiger partial charge in [-0.05, 0) is 48.2 Å². The molecule has 1 aliphatic carbocycles. The van der Waals surface area contributed by atoms with E-state index in [-0.39, 0.29) is 30.1 Å². The van der Waals surface area contributed by atoms with Gasteiger partial charge in [0.25, 0.3) is 5.91 Å². The summed E-state index contributed by atoms with van der Waals surface area (Å²) in [5.74, 6) is 0.524. The van der Waals surface area contributed by atoms with Gasteiger partial charge >= 0.3 is 6.36 Å². The van der Waals surface area contributed by atoms with E-state index in [4.69, 9.17) is 9.26 Å². The molecule has 0 saturated heterocycles. The van der Waals surface area contributed by atoms with Gasteiger partial charge < -0.3 is 18.9 Å². The van der Waals surface area contributed by atoms with E-state index in [0.29, 0.717) is 35.0 Å². The molecule has 0 N–H and O–H groups in total. The second kappa shape index (κ2) is 8.52. The van der Waals surface area contributed by atoms with Crippen molar-refractivity contribution in [3.05, 3.63) is 60.0 Å². The Morgan fingerprint density at radius 3 is 2.53 bits per heavy atom. The number of carbonyl (C=O) groups excluding carboxylic acids is 1. The fourth-order valence-corrected chi connectivity index (χ4v) is 3.29. The zero-order valence-corrected chi connectivity index (χ0v) is 17.3. The van der Waals surface area contributed by atoms with Crippen LogP contribution in [0.25, 0.3) is 11.4 Å². The zero-order chi connectivity index (χ0) is 22.9. The maximum Gasteiger partial charge on any atom is 0.573 e. The minimum Gasteiger partial charge on any atom is -0.484 e. The topological polar surface area (TPSA) is 77.7 Å². The third-order valence-corrected chi connectivity index (χ3v) is 5.07. The van der Waals surface area contributed by atoms with Crippen molar-refractivity contribution in [2.75, 3.05) is 20.7 Å². The van der Waals surface area contributed by atoms with Crippen LogP contribution in [0.4, 0.5) is 13.2 Å². The molecule has 1 aromatic heterocycles. The van der Waals surface area contributed by atoms with Crippen LogP contribution in [0.5, 0.6) is 11.5 Å². The highest BCUT2D eigenvalue weighted by molar-refractivity contribution is 5.77. The number of para-hydroxylation sites is 1. The molecule has 10 heteroatoms. The molecule has 3 aromatic rings. The molecule has 1 fully saturated rings. The molecule has 2 aromatic carbocycles. The van der Waals surface area contributed by atoms with E-state index in [1.807, 2.05) is 0 Å². The first kappa shape index (κ1) is 21.7. The molecule has 7 nitrogen and oxygen atoms in total. The van der Waals surface area contributed by atoms with Crippen molar-refractivity contribution in [3.8, 4) is 22.9 Å². The van der Waals surface area contributed by atoms with Gasteiger partial charge in [0.15, 0.2) is 6.61 Å². The van der Waals surface area contributed by atoms with Crippen LogP contribution in [-0.2, 0) is 4.79 Å². The molecule has 1 saturated carbocycles. The number of hydrogen-bond acceptors (Lipinski definition) is 6. The summed E-state index contributed by atoms with van der Waals surface area (Å²) in [5, 5.41) is 3.99. The van der Waals surface area contributed by atoms with E-state index in [1.165, 1.54) is 17.0 Å². The van der Waals surface area contributed by atoms with Crippen molar-refractivity contribution in [2.24, 2.45) is 0 Å². The highest BCUT2D eigenvalue weighted by atomic mass is 19.4. The minimum absolute atomic E-state index is 0.0682. The van der Waals surface area contributed by atoms with Gasteiger partial charge in [0.05, 0.1) is 0 Å². The summed E-state index contributed by atoms with van der Waals surface area (Å²) >= 11 is 0. The average Bonchev–Trinajstić information content (AvgIpc) is 3.38. The number of halogens is 3. The molecule has 0 bridgehead atoms. The maximum atomic E-state index is 12.7. The van der Waals surface area contributed by atoms with Crippen LogP contribution in [0.1, 0.15) is 29.7 Å². The third-order valence-electron chi connectivity index (χ3n) is 5.07. The van der Waals surface area contributed by atoms with E-state index in [1.54, 1.807) is 50.5 Å². The van der Waals surface area contributed by atoms with Crippen LogP contribution in [0.15, 0.2) is 53.1 Å². The summed E-state index contributed by atoms with van der Waals surface area (Å²) in [6.45, 7) is -0.0682. The molecular formula is C22H20F3N3O4. The Morgan fingerprint density at radius 2 is 1.84 bits per heavy atom. The van der Waals surface area contributed by atoms with E-state index in [9.17, 15) is 18.0 Å². The molecule has 4 rings (SSSR count). The lowest BCUT2D eigenvalue weighted by Crippen LogP contribution is -2.27. The SMILES string of the molecule is CN(C)C(=O)COc1ccc(-c2noc(C3CC3c3ccccc3OC(F)(F)F)n2)cc1. The van der Waals surface area contributed by atoms with Gasteiger partial charge in [-0.1, -0.05) is 23.4 Å². The van der Waals surface area contributed by atoms with Gasteiger partial charge in [-0.2, -0.15) is 4.98 Å². The smallest absolute Gasteiger partial charge is 0.484 e. The quantitative estimate of drug-likeness (QED) is 0.535. The lowest BCUT2D eigenvalue weighted by atomic mass is 10.1. The summed E-state index contributed by atoms with van der Waals surface area (Å²) in [7, 11) is 3.30. The molecular weight excluding hydrogens is 427 g/mol. The van der Waals surface area contributed by atoms with Gasteiger partial charge in [0, 0.05) is 25.6 Å². The number of hydrogen-bond donors (Lipinski definition) is 0. The number of ether oxygens (including phenoxy) is 2. The largest absolute Gasteiger partial charge is 0.573 e. The fraction of sp³-hybridized carbons (Fsp3) is 0.318. The van der Waals surface area contributed by atoms with Crippen molar-refractivity contribution in [3.63, 3.8) is 0 Å². The zero-order valence-electron chi connectivity index (χ0n) is 17.3. The first-order chi connectivity index (χ1) is 15.2. The second-order valence-electron chi connectivity index (χ2n) is 7.59. The second-order valence-corrected chi connectivity index (χ2v) is 7.59. The summed E-state index contributed by atoms with van der Waals surface area (Å²) in [6, 6.07) is 12.9. The maximum absolute atomic E-state index is 12.7. The van der Waals surface area contributed by atoms with Crippen LogP contribution in [-0.4, -0.2) is 48.0 Å². The Balaban J connectivity index is 1.42. The number of nitrogens with zero attached hydrogens (tertiary/aromatic N) is 3. The van der Waals surface area contributed by atoms with Crippen molar-refractivity contribution < 1.29 is 32.0 Å². The number of benzene rings is 2. The van der Waals surface area contributed by atoms with E-state index in [0.717, 1.165) is 0 Å². The third kappa shape index (κ3) is 5.01. The highest BCUT2D eigenvalue weighted by Gasteiger charge is 2.46. The molecule has 2 unspecified atom stereocenters. The predicted molar refractivity (Wildman–Crippen MR) is 107 cm³/mol. The first-order valence-electron chi connectivity index (χ1n) is 9.83. The number of alkyl halides is 3. The first-order valence-corrected chi connectivity index (χ1v) is 9.83. The molecule has 1 aliphatic rings. The number of likely N-dealkylation sites (N-methyl/N-ethyl adjacent to an activating group) is 1. The van der Waals surface area contributed by atoms with Crippen molar-refractivity contribution in [2.45, 2.75) is 24.6 Å². The van der Waals surface area contributed by atoms with Crippen LogP contribution >= 0.6 is 0 Å². The molecule has 168 valence electrons. The monoisotopic (exact) mass is 447 g/mol. The number of rotatable bonds is 7. The Labute approximate surface area is 181 Å². The van der Waals surface area contributed by atoms with Crippen LogP contribution in [0, 0.1) is 0 Å². The number of amides is 1. The lowest BCUT2D eigenvalue weighted by molar-refractivity contribution is -0.274. The van der Waals surface area contributed by atoms with Crippen LogP contribution in [0.3, 0.4) is 0 Å². The molecule has 32 heavy (non-hydrogen) atoms. The average molecular weight is 447 g/mol. The van der Waals surface area contributed by atoms with E-state index in [2.05, 4.69) is 14.9 Å². The summed E-state index contributed by atoms with van der Waals surface area (Å²) in [6.07, 6.45) is -4.17. The Kier molecular flexibility index (Phi) is 5.77. The Bertz CT molecular complexity index is 1100. The predicted octanol–water partition coefficient (Wildman–Crippen LogP) is 4.37. The molecule has 0 radical (unpaired) electrons. The summed E-state index contributed by atoms with van der Waals surface area (Å²) in [5.41, 5.74) is 1.15. The van der Waals surface area contributed by atoms with Crippen molar-refractivity contribution in [1.82, 2.24) is 15.0 Å². The van der Waals surface area contributed by atoms with Crippen LogP contribution in [0.2, 0.25) is 0 Å². The minimum atomic E-state index is -4.76. The molecule has 1 heterocycles. The van der Waals surface area contributed by atoms with Gasteiger partial charge in [-0.15, -0.1) is 13.2 Å². The van der Waals surface area contributed by atoms with Crippen molar-refractivity contribution >= 4 is 5.91 Å². The fourth-order valence-electron chi connectivity index (χ4n) is 3.29. The molecule has 0 spiro atoms. The van der Waals surface area contributed by atoms with E-state index < -0.39 is 6.36 Å². The lowest BCUT2D eigenvalue weighted by Gasteiger charge is -2.12. The summed E-state index contributed by atoms with van der Waals surface area (Å²) in [4.78, 5) is 17.4. The Morgan fingerprint density at radius 1 is 1.12 bits per heavy atom. The Hall–Kier alpha value is -3.56. The van der Waals surface area contributed by atoms with Gasteiger partial charge in [-0.3, -0.25) is 4.79 Å². The summed E-state index contributed by atoms with van der Waals surface area (Å²) < 4.78 is 53.0. The normalized spacial score (nSPS) is 17.7. The number of aromatic nitrogens is 2. The van der Waals surface area contributed by atoms with Crippen LogP contribution < -0.4 is 9.47 Å². The molecule has 0 aliphatic heterocycles. The molecule has 1 amide bonds. The number of carbonyl (C=O) groups is 1. The van der Waals surface area contributed by atoms with Crippen molar-refractivity contribution in [1.29, 1.82) is 0 Å². The molecule has 2 atom stereocenters.